The van der Waals surface area contributed by atoms with Crippen molar-refractivity contribution in [2.75, 3.05) is 13.2 Å². The van der Waals surface area contributed by atoms with Crippen molar-refractivity contribution in [3.8, 4) is 0 Å². The molecule has 0 aromatic heterocycles. The molecule has 0 spiro atoms. The minimum Gasteiger partial charge on any atom is -0.237 e. The van der Waals surface area contributed by atoms with Gasteiger partial charge >= 0.3 is 0 Å². The molecule has 0 aliphatic heterocycles. The van der Waals surface area contributed by atoms with Crippen molar-refractivity contribution < 1.29 is 31.0 Å². The first-order valence-electron chi connectivity index (χ1n) is 11.7. The molecule has 3 heteroatoms. The average Bonchev–Trinajstić information content (AvgIpc) is 2.68. The van der Waals surface area contributed by atoms with E-state index < -0.39 is 0 Å². The molecule has 0 atom stereocenters. The first-order chi connectivity index (χ1) is 12.9. The summed E-state index contributed by atoms with van der Waals surface area (Å²) >= 11 is 0.460. The van der Waals surface area contributed by atoms with Gasteiger partial charge in [0.05, 0.1) is 13.2 Å². The fraction of sp³-hybridized carbons (Fsp3) is 1.00. The second kappa shape index (κ2) is 15.6. The fourth-order valence-electron chi connectivity index (χ4n) is 4.34. The topological polar surface area (TPSA) is 18.5 Å². The molecule has 0 heterocycles. The van der Waals surface area contributed by atoms with Crippen molar-refractivity contribution in [3.63, 3.8) is 0 Å². The van der Waals surface area contributed by atoms with Crippen LogP contribution >= 0.6 is 0 Å². The van der Waals surface area contributed by atoms with E-state index in [1.165, 1.54) is 89.9 Å². The molecule has 2 aliphatic rings. The van der Waals surface area contributed by atoms with E-state index >= 15 is 0 Å². The first kappa shape index (κ1) is 22.9. The van der Waals surface area contributed by atoms with E-state index in [1.54, 1.807) is 12.8 Å². The van der Waals surface area contributed by atoms with E-state index in [2.05, 4.69) is 6.92 Å². The van der Waals surface area contributed by atoms with Crippen LogP contribution in [0.15, 0.2) is 0 Å². The van der Waals surface area contributed by atoms with Crippen LogP contribution in [0.2, 0.25) is 0 Å². The fourth-order valence-corrected chi connectivity index (χ4v) is 8.82. The molecule has 26 heavy (non-hydrogen) atoms. The second-order valence-corrected chi connectivity index (χ2v) is 12.8. The van der Waals surface area contributed by atoms with E-state index in [0.29, 0.717) is 21.2 Å². The number of hydrogen-bond acceptors (Lipinski definition) is 2. The molecule has 0 N–H and O–H groups in total. The van der Waals surface area contributed by atoms with Gasteiger partial charge in [0.25, 0.3) is 21.2 Å². The smallest absolute Gasteiger partial charge is 0.237 e. The van der Waals surface area contributed by atoms with Crippen molar-refractivity contribution in [2.45, 2.75) is 124 Å². The summed E-state index contributed by atoms with van der Waals surface area (Å²) in [5.41, 5.74) is 0. The van der Waals surface area contributed by atoms with Crippen LogP contribution in [0.5, 0.6) is 0 Å². The molecule has 2 nitrogen and oxygen atoms in total. The van der Waals surface area contributed by atoms with Crippen LogP contribution in [0, 0.1) is 5.92 Å². The highest BCUT2D eigenvalue weighted by molar-refractivity contribution is 4.72. The molecule has 154 valence electrons. The molecule has 0 aromatic carbocycles. The lowest BCUT2D eigenvalue weighted by atomic mass is 9.90. The SMILES string of the molecule is CCCCCCCCCCOOCC1CCC([I+]C2CCCCC2)CC1. The Morgan fingerprint density at radius 1 is 0.654 bits per heavy atom. The molecule has 0 unspecified atom stereocenters. The van der Waals surface area contributed by atoms with Crippen molar-refractivity contribution in [3.05, 3.63) is 0 Å². The summed E-state index contributed by atoms with van der Waals surface area (Å²) in [5, 5.41) is 0. The zero-order chi connectivity index (χ0) is 18.3. The third-order valence-electron chi connectivity index (χ3n) is 6.14. The molecule has 0 bridgehead atoms. The molecular weight excluding hydrogens is 435 g/mol. The van der Waals surface area contributed by atoms with Gasteiger partial charge in [-0.05, 0) is 63.7 Å². The van der Waals surface area contributed by atoms with Gasteiger partial charge in [-0.1, -0.05) is 58.3 Å². The maximum Gasteiger partial charge on any atom is 0.275 e. The van der Waals surface area contributed by atoms with Crippen LogP contribution in [0.3, 0.4) is 0 Å². The van der Waals surface area contributed by atoms with Crippen molar-refractivity contribution in [2.24, 2.45) is 5.92 Å². The minimum atomic E-state index is 0.460. The summed E-state index contributed by atoms with van der Waals surface area (Å²) in [6.07, 6.45) is 24.2. The molecule has 0 amide bonds. The Bertz CT molecular complexity index is 309. The van der Waals surface area contributed by atoms with Crippen LogP contribution in [0.4, 0.5) is 0 Å². The monoisotopic (exact) mass is 479 g/mol. The molecular formula is C23H44IO2+. The van der Waals surface area contributed by atoms with Crippen LogP contribution in [-0.2, 0) is 9.78 Å². The quantitative estimate of drug-likeness (QED) is 0.123. The predicted octanol–water partition coefficient (Wildman–Crippen LogP) is 4.06. The minimum absolute atomic E-state index is 0.460. The molecule has 0 aromatic rings. The highest BCUT2D eigenvalue weighted by Crippen LogP contribution is 2.23. The van der Waals surface area contributed by atoms with Gasteiger partial charge in [-0.2, -0.15) is 0 Å². The molecule has 2 rings (SSSR count). The zero-order valence-electron chi connectivity index (χ0n) is 17.4. The summed E-state index contributed by atoms with van der Waals surface area (Å²) in [7, 11) is 0. The van der Waals surface area contributed by atoms with E-state index in [4.69, 9.17) is 9.78 Å². The van der Waals surface area contributed by atoms with E-state index in [0.717, 1.165) is 33.4 Å². The Hall–Kier alpha value is 0.650. The Morgan fingerprint density at radius 3 is 1.96 bits per heavy atom. The van der Waals surface area contributed by atoms with Gasteiger partial charge in [-0.25, -0.2) is 9.78 Å². The predicted molar refractivity (Wildman–Crippen MR) is 107 cm³/mol. The lowest BCUT2D eigenvalue weighted by Crippen LogP contribution is -3.68. The lowest BCUT2D eigenvalue weighted by molar-refractivity contribution is -0.726. The largest absolute Gasteiger partial charge is 0.275 e. The maximum atomic E-state index is 5.53. The van der Waals surface area contributed by atoms with Crippen molar-refractivity contribution in [1.29, 1.82) is 0 Å². The number of unbranched alkanes of at least 4 members (excludes halogenated alkanes) is 7. The van der Waals surface area contributed by atoms with Gasteiger partial charge in [0.15, 0.2) is 7.85 Å². The van der Waals surface area contributed by atoms with Crippen molar-refractivity contribution >= 4 is 0 Å². The Labute approximate surface area is 173 Å². The van der Waals surface area contributed by atoms with E-state index in [1.807, 2.05) is 0 Å². The van der Waals surface area contributed by atoms with E-state index in [9.17, 15) is 0 Å². The van der Waals surface area contributed by atoms with Crippen molar-refractivity contribution in [1.82, 2.24) is 0 Å². The van der Waals surface area contributed by atoms with Gasteiger partial charge in [-0.3, -0.25) is 0 Å². The van der Waals surface area contributed by atoms with Crippen LogP contribution < -0.4 is 21.2 Å². The maximum absolute atomic E-state index is 5.53. The summed E-state index contributed by atoms with van der Waals surface area (Å²) in [5.74, 6) is 0.764. The summed E-state index contributed by atoms with van der Waals surface area (Å²) < 4.78 is 2.28. The second-order valence-electron chi connectivity index (χ2n) is 8.56. The highest BCUT2D eigenvalue weighted by Gasteiger charge is 2.36. The van der Waals surface area contributed by atoms with Gasteiger partial charge < -0.3 is 0 Å². The number of hydrogen-bond donors (Lipinski definition) is 0. The number of halogens is 1. The van der Waals surface area contributed by atoms with Crippen LogP contribution in [0.1, 0.15) is 116 Å². The Balaban J connectivity index is 1.35. The lowest BCUT2D eigenvalue weighted by Gasteiger charge is -2.24. The van der Waals surface area contributed by atoms with Crippen LogP contribution in [-0.4, -0.2) is 21.1 Å². The summed E-state index contributed by atoms with van der Waals surface area (Å²) in [6, 6.07) is 0. The van der Waals surface area contributed by atoms with Crippen LogP contribution in [0.25, 0.3) is 0 Å². The van der Waals surface area contributed by atoms with E-state index in [-0.39, 0.29) is 0 Å². The van der Waals surface area contributed by atoms with Gasteiger partial charge in [0.2, 0.25) is 0 Å². The highest BCUT2D eigenvalue weighted by atomic mass is 127. The average molecular weight is 480 g/mol. The number of rotatable bonds is 14. The zero-order valence-corrected chi connectivity index (χ0v) is 19.5. The molecule has 2 saturated carbocycles. The molecule has 2 fully saturated rings. The van der Waals surface area contributed by atoms with Gasteiger partial charge in [0, 0.05) is 0 Å². The number of alkyl halides is 2. The normalized spacial score (nSPS) is 24.8. The Kier molecular flexibility index (Phi) is 13.7. The molecule has 0 radical (unpaired) electrons. The third-order valence-corrected chi connectivity index (χ3v) is 10.7. The molecule has 0 saturated heterocycles. The van der Waals surface area contributed by atoms with Gasteiger partial charge in [-0.15, -0.1) is 0 Å². The van der Waals surface area contributed by atoms with Gasteiger partial charge in [0.1, 0.15) is 0 Å². The molecule has 2 aliphatic carbocycles. The standard InChI is InChI=1S/C23H44IO2/c1-2-3-4-5-6-7-8-12-19-25-26-20-21-15-17-23(18-16-21)24-22-13-10-9-11-14-22/h21-23H,2-20H2,1H3/q+1. The third kappa shape index (κ3) is 10.8. The Morgan fingerprint density at radius 2 is 1.27 bits per heavy atom. The summed E-state index contributed by atoms with van der Waals surface area (Å²) in [6.45, 7) is 3.91. The first-order valence-corrected chi connectivity index (χ1v) is 14.2. The summed E-state index contributed by atoms with van der Waals surface area (Å²) in [4.78, 5) is 11.0.